The number of oxime groups is 1. The van der Waals surface area contributed by atoms with Gasteiger partial charge in [0, 0.05) is 10.0 Å². The quantitative estimate of drug-likeness (QED) is 0.587. The minimum Gasteiger partial charge on any atom is -0.495 e. The molecule has 0 atom stereocenters. The molecule has 0 amide bonds. The van der Waals surface area contributed by atoms with E-state index < -0.39 is 5.97 Å². The third kappa shape index (κ3) is 2.49. The van der Waals surface area contributed by atoms with Crippen molar-refractivity contribution in [2.24, 2.45) is 5.16 Å². The third-order valence-corrected chi connectivity index (χ3v) is 3.46. The normalized spacial score (nSPS) is 16.8. The maximum absolute atomic E-state index is 11.5. The number of hydrogen-bond donors (Lipinski definition) is 0. The van der Waals surface area contributed by atoms with Gasteiger partial charge in [0.15, 0.2) is 0 Å². The van der Waals surface area contributed by atoms with Crippen LogP contribution in [-0.2, 0) is 9.63 Å². The van der Waals surface area contributed by atoms with E-state index in [1.165, 1.54) is 0 Å². The van der Waals surface area contributed by atoms with Crippen LogP contribution in [0.25, 0.3) is 6.08 Å². The number of hydrogen-bond acceptors (Lipinski definition) is 4. The number of benzene rings is 1. The number of nitrogens with zero attached hydrogens (tertiary/aromatic N) is 1. The predicted octanol–water partition coefficient (Wildman–Crippen LogP) is 3.54. The Morgan fingerprint density at radius 1 is 1.39 bits per heavy atom. The van der Waals surface area contributed by atoms with Crippen LogP contribution >= 0.6 is 31.9 Å². The van der Waals surface area contributed by atoms with Gasteiger partial charge in [-0.25, -0.2) is 4.79 Å². The first-order valence-corrected chi connectivity index (χ1v) is 6.62. The Morgan fingerprint density at radius 3 is 2.67 bits per heavy atom. The lowest BCUT2D eigenvalue weighted by Gasteiger charge is -2.08. The van der Waals surface area contributed by atoms with Gasteiger partial charge in [0.25, 0.3) is 0 Å². The zero-order valence-corrected chi connectivity index (χ0v) is 12.8. The summed E-state index contributed by atoms with van der Waals surface area (Å²) in [4.78, 5) is 16.1. The molecule has 0 fully saturated rings. The standard InChI is InChI=1S/C12H9Br2NO3/c1-6-9(12(16)18-15-6)4-7-3-8(13)5-10(14)11(7)17-2/h3-5H,1-2H3/b9-4-. The molecule has 1 aliphatic rings. The maximum atomic E-state index is 11.5. The van der Waals surface area contributed by atoms with Crippen molar-refractivity contribution in [3.05, 3.63) is 32.2 Å². The Labute approximate surface area is 121 Å². The van der Waals surface area contributed by atoms with E-state index in [0.717, 1.165) is 14.5 Å². The molecular weight excluding hydrogens is 366 g/mol. The SMILES string of the molecule is COc1c(Br)cc(Br)cc1/C=C1\C(=O)ON=C1C. The highest BCUT2D eigenvalue weighted by molar-refractivity contribution is 9.11. The zero-order valence-electron chi connectivity index (χ0n) is 9.66. The summed E-state index contributed by atoms with van der Waals surface area (Å²) in [6.45, 7) is 1.72. The van der Waals surface area contributed by atoms with Crippen molar-refractivity contribution in [1.29, 1.82) is 0 Å². The van der Waals surface area contributed by atoms with Gasteiger partial charge in [0.1, 0.15) is 5.75 Å². The number of methoxy groups -OCH3 is 1. The summed E-state index contributed by atoms with van der Waals surface area (Å²) >= 11 is 6.80. The number of halogens is 2. The largest absolute Gasteiger partial charge is 0.495 e. The summed E-state index contributed by atoms with van der Waals surface area (Å²) in [6.07, 6.45) is 1.70. The van der Waals surface area contributed by atoms with Gasteiger partial charge in [-0.3, -0.25) is 0 Å². The Morgan fingerprint density at radius 2 is 2.11 bits per heavy atom. The molecule has 1 heterocycles. The molecule has 1 aromatic carbocycles. The fourth-order valence-corrected chi connectivity index (χ4v) is 3.00. The number of carbonyl (C=O) groups excluding carboxylic acids is 1. The lowest BCUT2D eigenvalue weighted by Crippen LogP contribution is -2.02. The fraction of sp³-hybridized carbons (Fsp3) is 0.167. The van der Waals surface area contributed by atoms with Crippen molar-refractivity contribution in [2.45, 2.75) is 6.92 Å². The summed E-state index contributed by atoms with van der Waals surface area (Å²) in [5.74, 6) is 0.198. The first-order valence-electron chi connectivity index (χ1n) is 5.04. The Kier molecular flexibility index (Phi) is 3.87. The third-order valence-electron chi connectivity index (χ3n) is 2.42. The number of carbonyl (C=O) groups is 1. The molecule has 0 saturated heterocycles. The first kappa shape index (κ1) is 13.3. The Hall–Kier alpha value is -1.14. The topological polar surface area (TPSA) is 47.9 Å². The maximum Gasteiger partial charge on any atom is 0.367 e. The van der Waals surface area contributed by atoms with Gasteiger partial charge in [-0.2, -0.15) is 0 Å². The molecule has 0 aliphatic carbocycles. The first-order chi connectivity index (χ1) is 8.52. The zero-order chi connectivity index (χ0) is 13.3. The van der Waals surface area contributed by atoms with Crippen LogP contribution in [0.4, 0.5) is 0 Å². The van der Waals surface area contributed by atoms with Crippen LogP contribution in [0.15, 0.2) is 31.8 Å². The number of ether oxygens (including phenoxy) is 1. The molecule has 0 bridgehead atoms. The molecular formula is C12H9Br2NO3. The molecule has 4 nitrogen and oxygen atoms in total. The van der Waals surface area contributed by atoms with Gasteiger partial charge in [0.05, 0.1) is 22.9 Å². The van der Waals surface area contributed by atoms with E-state index in [9.17, 15) is 4.79 Å². The lowest BCUT2D eigenvalue weighted by molar-refractivity contribution is -0.136. The second-order valence-corrected chi connectivity index (χ2v) is 5.39. The van der Waals surface area contributed by atoms with E-state index in [1.54, 1.807) is 20.1 Å². The summed E-state index contributed by atoms with van der Waals surface area (Å²) in [6, 6.07) is 3.73. The summed E-state index contributed by atoms with van der Waals surface area (Å²) < 4.78 is 6.98. The highest BCUT2D eigenvalue weighted by Crippen LogP contribution is 2.34. The summed E-state index contributed by atoms with van der Waals surface area (Å²) in [5.41, 5.74) is 1.75. The van der Waals surface area contributed by atoms with Crippen LogP contribution in [0.2, 0.25) is 0 Å². The number of rotatable bonds is 2. The Bertz CT molecular complexity index is 579. The predicted molar refractivity (Wildman–Crippen MR) is 75.6 cm³/mol. The fourth-order valence-electron chi connectivity index (χ4n) is 1.58. The van der Waals surface area contributed by atoms with Gasteiger partial charge in [0.2, 0.25) is 0 Å². The van der Waals surface area contributed by atoms with Crippen LogP contribution in [-0.4, -0.2) is 18.8 Å². The molecule has 2 rings (SSSR count). The van der Waals surface area contributed by atoms with E-state index in [1.807, 2.05) is 12.1 Å². The monoisotopic (exact) mass is 373 g/mol. The minimum absolute atomic E-state index is 0.429. The lowest BCUT2D eigenvalue weighted by atomic mass is 10.1. The van der Waals surface area contributed by atoms with E-state index >= 15 is 0 Å². The van der Waals surface area contributed by atoms with Gasteiger partial charge >= 0.3 is 5.97 Å². The van der Waals surface area contributed by atoms with E-state index in [-0.39, 0.29) is 0 Å². The molecule has 18 heavy (non-hydrogen) atoms. The van der Waals surface area contributed by atoms with Crippen molar-refractivity contribution in [1.82, 2.24) is 0 Å². The molecule has 0 aromatic heterocycles. The van der Waals surface area contributed by atoms with Gasteiger partial charge in [-0.15, -0.1) is 0 Å². The van der Waals surface area contributed by atoms with Crippen molar-refractivity contribution in [2.75, 3.05) is 7.11 Å². The summed E-state index contributed by atoms with van der Waals surface area (Å²) in [7, 11) is 1.57. The average molecular weight is 375 g/mol. The highest BCUT2D eigenvalue weighted by atomic mass is 79.9. The van der Waals surface area contributed by atoms with E-state index in [0.29, 0.717) is 17.0 Å². The van der Waals surface area contributed by atoms with Gasteiger partial charge in [-0.1, -0.05) is 21.1 Å². The molecule has 0 spiro atoms. The van der Waals surface area contributed by atoms with Crippen molar-refractivity contribution < 1.29 is 14.4 Å². The minimum atomic E-state index is -0.453. The van der Waals surface area contributed by atoms with Gasteiger partial charge < -0.3 is 9.57 Å². The van der Waals surface area contributed by atoms with Crippen LogP contribution in [0.1, 0.15) is 12.5 Å². The average Bonchev–Trinajstić information content (AvgIpc) is 2.60. The molecule has 6 heteroatoms. The molecule has 0 radical (unpaired) electrons. The molecule has 1 aliphatic heterocycles. The smallest absolute Gasteiger partial charge is 0.367 e. The van der Waals surface area contributed by atoms with Crippen LogP contribution in [0, 0.1) is 0 Å². The van der Waals surface area contributed by atoms with E-state index in [2.05, 4.69) is 41.9 Å². The second kappa shape index (κ2) is 5.24. The summed E-state index contributed by atoms with van der Waals surface area (Å²) in [5, 5.41) is 3.63. The van der Waals surface area contributed by atoms with Crippen molar-refractivity contribution in [3.8, 4) is 5.75 Å². The molecule has 94 valence electrons. The second-order valence-electron chi connectivity index (χ2n) is 3.62. The molecule has 0 N–H and O–H groups in total. The molecule has 0 saturated carbocycles. The van der Waals surface area contributed by atoms with Crippen molar-refractivity contribution in [3.63, 3.8) is 0 Å². The van der Waals surface area contributed by atoms with Crippen molar-refractivity contribution >= 4 is 49.6 Å². The van der Waals surface area contributed by atoms with Crippen LogP contribution in [0.5, 0.6) is 5.75 Å². The van der Waals surface area contributed by atoms with Gasteiger partial charge in [-0.05, 0) is 41.1 Å². The highest BCUT2D eigenvalue weighted by Gasteiger charge is 2.22. The Balaban J connectivity index is 2.55. The molecule has 0 unspecified atom stereocenters. The molecule has 1 aromatic rings. The van der Waals surface area contributed by atoms with Crippen LogP contribution in [0.3, 0.4) is 0 Å². The van der Waals surface area contributed by atoms with E-state index in [4.69, 9.17) is 4.74 Å². The van der Waals surface area contributed by atoms with Crippen LogP contribution < -0.4 is 4.74 Å².